The lowest BCUT2D eigenvalue weighted by molar-refractivity contribution is 0.100. The first-order valence-electron chi connectivity index (χ1n) is 5.97. The Morgan fingerprint density at radius 3 is 2.42 bits per heavy atom. The predicted molar refractivity (Wildman–Crippen MR) is 74.1 cm³/mol. The standard InChI is InChI=1S/C15H16N2O2/c1-10-2-3-11(9-16)8-14(10)19-13-6-4-12(5-7-13)15(17)18/h2-8H,9,16H2,1H3,(H2,17,18). The molecule has 0 heterocycles. The average molecular weight is 256 g/mol. The van der Waals surface area contributed by atoms with Crippen LogP contribution in [0.4, 0.5) is 0 Å². The fourth-order valence-corrected chi connectivity index (χ4v) is 1.70. The molecule has 0 radical (unpaired) electrons. The van der Waals surface area contributed by atoms with Crippen LogP contribution in [-0.2, 0) is 6.54 Å². The highest BCUT2D eigenvalue weighted by Gasteiger charge is 2.04. The third kappa shape index (κ3) is 3.11. The number of amides is 1. The summed E-state index contributed by atoms with van der Waals surface area (Å²) >= 11 is 0. The number of rotatable bonds is 4. The highest BCUT2D eigenvalue weighted by molar-refractivity contribution is 5.92. The maximum absolute atomic E-state index is 11.0. The SMILES string of the molecule is Cc1ccc(CN)cc1Oc1ccc(C(N)=O)cc1. The van der Waals surface area contributed by atoms with Crippen molar-refractivity contribution in [1.29, 1.82) is 0 Å². The number of benzene rings is 2. The zero-order valence-corrected chi connectivity index (χ0v) is 10.7. The van der Waals surface area contributed by atoms with E-state index in [9.17, 15) is 4.79 Å². The number of carbonyl (C=O) groups is 1. The van der Waals surface area contributed by atoms with Crippen LogP contribution in [0.15, 0.2) is 42.5 Å². The molecular weight excluding hydrogens is 240 g/mol. The predicted octanol–water partition coefficient (Wildman–Crippen LogP) is 2.34. The van der Waals surface area contributed by atoms with E-state index in [0.717, 1.165) is 16.9 Å². The first-order valence-corrected chi connectivity index (χ1v) is 5.97. The Balaban J connectivity index is 2.23. The normalized spacial score (nSPS) is 10.2. The van der Waals surface area contributed by atoms with Crippen molar-refractivity contribution in [2.45, 2.75) is 13.5 Å². The molecule has 0 saturated heterocycles. The zero-order chi connectivity index (χ0) is 13.8. The van der Waals surface area contributed by atoms with Gasteiger partial charge in [-0.05, 0) is 48.4 Å². The molecule has 0 saturated carbocycles. The molecule has 2 aromatic carbocycles. The van der Waals surface area contributed by atoms with E-state index in [4.69, 9.17) is 16.2 Å². The molecule has 4 N–H and O–H groups in total. The summed E-state index contributed by atoms with van der Waals surface area (Å²) in [5, 5.41) is 0. The summed E-state index contributed by atoms with van der Waals surface area (Å²) in [4.78, 5) is 11.0. The lowest BCUT2D eigenvalue weighted by Crippen LogP contribution is -2.10. The minimum Gasteiger partial charge on any atom is -0.457 e. The molecule has 0 unspecified atom stereocenters. The van der Waals surface area contributed by atoms with Crippen molar-refractivity contribution in [2.24, 2.45) is 11.5 Å². The molecule has 19 heavy (non-hydrogen) atoms. The summed E-state index contributed by atoms with van der Waals surface area (Å²) < 4.78 is 5.78. The van der Waals surface area contributed by atoms with Gasteiger partial charge in [-0.15, -0.1) is 0 Å². The molecule has 0 fully saturated rings. The molecule has 4 nitrogen and oxygen atoms in total. The third-order valence-electron chi connectivity index (χ3n) is 2.85. The van der Waals surface area contributed by atoms with E-state index < -0.39 is 5.91 Å². The van der Waals surface area contributed by atoms with Gasteiger partial charge >= 0.3 is 0 Å². The van der Waals surface area contributed by atoms with Crippen LogP contribution in [0.2, 0.25) is 0 Å². The Kier molecular flexibility index (Phi) is 3.82. The van der Waals surface area contributed by atoms with Gasteiger partial charge in [-0.1, -0.05) is 12.1 Å². The molecule has 2 aromatic rings. The maximum Gasteiger partial charge on any atom is 0.248 e. The smallest absolute Gasteiger partial charge is 0.248 e. The quantitative estimate of drug-likeness (QED) is 0.881. The van der Waals surface area contributed by atoms with Gasteiger partial charge < -0.3 is 16.2 Å². The number of primary amides is 1. The first-order chi connectivity index (χ1) is 9.10. The average Bonchev–Trinajstić information content (AvgIpc) is 2.42. The van der Waals surface area contributed by atoms with Crippen molar-refractivity contribution >= 4 is 5.91 Å². The Labute approximate surface area is 112 Å². The van der Waals surface area contributed by atoms with Gasteiger partial charge in [-0.2, -0.15) is 0 Å². The molecule has 0 atom stereocenters. The van der Waals surface area contributed by atoms with Gasteiger partial charge in [0.2, 0.25) is 5.91 Å². The van der Waals surface area contributed by atoms with Gasteiger partial charge in [0, 0.05) is 12.1 Å². The van der Waals surface area contributed by atoms with E-state index in [0.29, 0.717) is 17.9 Å². The van der Waals surface area contributed by atoms with Gasteiger partial charge in [0.05, 0.1) is 0 Å². The van der Waals surface area contributed by atoms with Gasteiger partial charge in [-0.25, -0.2) is 0 Å². The maximum atomic E-state index is 11.0. The van der Waals surface area contributed by atoms with E-state index in [1.807, 2.05) is 25.1 Å². The summed E-state index contributed by atoms with van der Waals surface area (Å²) in [5.41, 5.74) is 13.3. The second kappa shape index (κ2) is 5.54. The molecule has 0 spiro atoms. The molecule has 4 heteroatoms. The van der Waals surface area contributed by atoms with E-state index in [2.05, 4.69) is 0 Å². The fraction of sp³-hybridized carbons (Fsp3) is 0.133. The van der Waals surface area contributed by atoms with E-state index in [-0.39, 0.29) is 0 Å². The minimum absolute atomic E-state index is 0.451. The molecule has 0 aliphatic rings. The largest absolute Gasteiger partial charge is 0.457 e. The summed E-state index contributed by atoms with van der Waals surface area (Å²) in [6.45, 7) is 2.44. The van der Waals surface area contributed by atoms with Gasteiger partial charge in [0.1, 0.15) is 11.5 Å². The van der Waals surface area contributed by atoms with Crippen molar-refractivity contribution in [3.8, 4) is 11.5 Å². The zero-order valence-electron chi connectivity index (χ0n) is 10.7. The van der Waals surface area contributed by atoms with E-state index in [1.54, 1.807) is 24.3 Å². The second-order valence-corrected chi connectivity index (χ2v) is 4.29. The van der Waals surface area contributed by atoms with Gasteiger partial charge in [0.25, 0.3) is 0 Å². The number of carbonyl (C=O) groups excluding carboxylic acids is 1. The van der Waals surface area contributed by atoms with Crippen LogP contribution in [0.5, 0.6) is 11.5 Å². The number of hydrogen-bond acceptors (Lipinski definition) is 3. The molecule has 0 aliphatic carbocycles. The molecule has 1 amide bonds. The molecule has 98 valence electrons. The van der Waals surface area contributed by atoms with Crippen LogP contribution in [0, 0.1) is 6.92 Å². The lowest BCUT2D eigenvalue weighted by atomic mass is 10.1. The van der Waals surface area contributed by atoms with E-state index in [1.165, 1.54) is 0 Å². The third-order valence-corrected chi connectivity index (χ3v) is 2.85. The fourth-order valence-electron chi connectivity index (χ4n) is 1.70. The highest BCUT2D eigenvalue weighted by atomic mass is 16.5. The monoisotopic (exact) mass is 256 g/mol. The van der Waals surface area contributed by atoms with Crippen molar-refractivity contribution in [3.05, 3.63) is 59.2 Å². The van der Waals surface area contributed by atoms with Crippen LogP contribution in [-0.4, -0.2) is 5.91 Å². The topological polar surface area (TPSA) is 78.3 Å². The highest BCUT2D eigenvalue weighted by Crippen LogP contribution is 2.26. The summed E-state index contributed by atoms with van der Waals surface area (Å²) in [6, 6.07) is 12.6. The van der Waals surface area contributed by atoms with Crippen LogP contribution >= 0.6 is 0 Å². The van der Waals surface area contributed by atoms with Gasteiger partial charge in [0.15, 0.2) is 0 Å². The Bertz CT molecular complexity index is 592. The number of nitrogens with two attached hydrogens (primary N) is 2. The van der Waals surface area contributed by atoms with Crippen molar-refractivity contribution in [1.82, 2.24) is 0 Å². The Morgan fingerprint density at radius 2 is 1.84 bits per heavy atom. The van der Waals surface area contributed by atoms with Crippen LogP contribution < -0.4 is 16.2 Å². The summed E-state index contributed by atoms with van der Waals surface area (Å²) in [6.07, 6.45) is 0. The van der Waals surface area contributed by atoms with Crippen LogP contribution in [0.3, 0.4) is 0 Å². The molecular formula is C15H16N2O2. The molecule has 2 rings (SSSR count). The molecule has 0 bridgehead atoms. The number of ether oxygens (including phenoxy) is 1. The van der Waals surface area contributed by atoms with Crippen molar-refractivity contribution in [3.63, 3.8) is 0 Å². The lowest BCUT2D eigenvalue weighted by Gasteiger charge is -2.10. The van der Waals surface area contributed by atoms with Gasteiger partial charge in [-0.3, -0.25) is 4.79 Å². The van der Waals surface area contributed by atoms with E-state index >= 15 is 0 Å². The van der Waals surface area contributed by atoms with Crippen LogP contribution in [0.25, 0.3) is 0 Å². The molecule has 0 aliphatic heterocycles. The second-order valence-electron chi connectivity index (χ2n) is 4.29. The molecule has 0 aromatic heterocycles. The minimum atomic E-state index is -0.451. The Morgan fingerprint density at radius 1 is 1.16 bits per heavy atom. The number of hydrogen-bond donors (Lipinski definition) is 2. The van der Waals surface area contributed by atoms with Crippen molar-refractivity contribution < 1.29 is 9.53 Å². The number of aryl methyl sites for hydroxylation is 1. The van der Waals surface area contributed by atoms with Crippen molar-refractivity contribution in [2.75, 3.05) is 0 Å². The summed E-state index contributed by atoms with van der Waals surface area (Å²) in [7, 11) is 0. The Hall–Kier alpha value is -2.33. The summed E-state index contributed by atoms with van der Waals surface area (Å²) in [5.74, 6) is 0.963. The first kappa shape index (κ1) is 13.1. The van der Waals surface area contributed by atoms with Crippen LogP contribution in [0.1, 0.15) is 21.5 Å².